The van der Waals surface area contributed by atoms with Crippen LogP contribution >= 0.6 is 0 Å². The Kier molecular flexibility index (Phi) is 7.39. The first kappa shape index (κ1) is 16.4. The summed E-state index contributed by atoms with van der Waals surface area (Å²) >= 11 is 0. The standard InChI is InChI=1S/C13H28N2O2/c1-6-13(17,7-2)10-14-11(5)12(16)15(8-3)9-4/h11,14,17H,6-10H2,1-5H3. The van der Waals surface area contributed by atoms with Gasteiger partial charge >= 0.3 is 0 Å². The fourth-order valence-electron chi connectivity index (χ4n) is 1.74. The van der Waals surface area contributed by atoms with Crippen molar-refractivity contribution in [1.82, 2.24) is 10.2 Å². The molecule has 0 aliphatic carbocycles. The molecule has 102 valence electrons. The van der Waals surface area contributed by atoms with Crippen LogP contribution in [0.15, 0.2) is 0 Å². The van der Waals surface area contributed by atoms with Crippen molar-refractivity contribution in [2.45, 2.75) is 59.1 Å². The summed E-state index contributed by atoms with van der Waals surface area (Å²) < 4.78 is 0. The third-order valence-corrected chi connectivity index (χ3v) is 3.50. The van der Waals surface area contributed by atoms with Crippen LogP contribution in [0.3, 0.4) is 0 Å². The number of carbonyl (C=O) groups is 1. The van der Waals surface area contributed by atoms with Gasteiger partial charge in [0, 0.05) is 19.6 Å². The average Bonchev–Trinajstić information content (AvgIpc) is 2.36. The lowest BCUT2D eigenvalue weighted by Gasteiger charge is -2.29. The Morgan fingerprint density at radius 2 is 1.71 bits per heavy atom. The second kappa shape index (κ2) is 7.67. The number of hydrogen-bond donors (Lipinski definition) is 2. The molecule has 0 aromatic carbocycles. The lowest BCUT2D eigenvalue weighted by molar-refractivity contribution is -0.132. The molecule has 0 aromatic rings. The second-order valence-corrected chi connectivity index (χ2v) is 4.54. The van der Waals surface area contributed by atoms with E-state index in [1.54, 1.807) is 4.90 Å². The highest BCUT2D eigenvalue weighted by atomic mass is 16.3. The fourth-order valence-corrected chi connectivity index (χ4v) is 1.74. The molecule has 0 aliphatic rings. The fraction of sp³-hybridized carbons (Fsp3) is 0.923. The van der Waals surface area contributed by atoms with E-state index in [2.05, 4.69) is 5.32 Å². The summed E-state index contributed by atoms with van der Waals surface area (Å²) in [6.07, 6.45) is 1.39. The van der Waals surface area contributed by atoms with Gasteiger partial charge in [-0.15, -0.1) is 0 Å². The molecule has 0 heterocycles. The number of aliphatic hydroxyl groups is 1. The molecule has 0 radical (unpaired) electrons. The van der Waals surface area contributed by atoms with E-state index in [4.69, 9.17) is 0 Å². The molecular weight excluding hydrogens is 216 g/mol. The molecule has 0 bridgehead atoms. The van der Waals surface area contributed by atoms with Gasteiger partial charge in [0.15, 0.2) is 0 Å². The Morgan fingerprint density at radius 1 is 1.24 bits per heavy atom. The van der Waals surface area contributed by atoms with E-state index in [1.807, 2.05) is 34.6 Å². The molecule has 4 nitrogen and oxygen atoms in total. The Balaban J connectivity index is 4.26. The monoisotopic (exact) mass is 244 g/mol. The van der Waals surface area contributed by atoms with Crippen molar-refractivity contribution in [2.75, 3.05) is 19.6 Å². The first-order valence-electron chi connectivity index (χ1n) is 6.68. The zero-order valence-electron chi connectivity index (χ0n) is 11.9. The van der Waals surface area contributed by atoms with Crippen LogP contribution in [-0.4, -0.2) is 47.2 Å². The molecule has 4 heteroatoms. The van der Waals surface area contributed by atoms with Gasteiger partial charge in [0.2, 0.25) is 5.91 Å². The molecule has 0 aromatic heterocycles. The molecule has 1 unspecified atom stereocenters. The van der Waals surface area contributed by atoms with Gasteiger partial charge in [0.1, 0.15) is 0 Å². The number of rotatable bonds is 8. The van der Waals surface area contributed by atoms with Gasteiger partial charge in [0.05, 0.1) is 11.6 Å². The summed E-state index contributed by atoms with van der Waals surface area (Å²) in [6, 6.07) is -0.237. The van der Waals surface area contributed by atoms with E-state index >= 15 is 0 Å². The predicted molar refractivity (Wildman–Crippen MR) is 70.9 cm³/mol. The van der Waals surface area contributed by atoms with Gasteiger partial charge in [-0.05, 0) is 33.6 Å². The van der Waals surface area contributed by atoms with Crippen molar-refractivity contribution in [3.63, 3.8) is 0 Å². The quantitative estimate of drug-likeness (QED) is 0.678. The summed E-state index contributed by atoms with van der Waals surface area (Å²) in [4.78, 5) is 13.8. The maximum Gasteiger partial charge on any atom is 0.239 e. The summed E-state index contributed by atoms with van der Waals surface area (Å²) in [5.74, 6) is 0.101. The summed E-state index contributed by atoms with van der Waals surface area (Å²) in [5, 5.41) is 13.3. The van der Waals surface area contributed by atoms with E-state index in [1.165, 1.54) is 0 Å². The van der Waals surface area contributed by atoms with Crippen molar-refractivity contribution in [3.05, 3.63) is 0 Å². The molecule has 2 N–H and O–H groups in total. The van der Waals surface area contributed by atoms with E-state index < -0.39 is 5.60 Å². The van der Waals surface area contributed by atoms with Gasteiger partial charge < -0.3 is 15.3 Å². The Bertz CT molecular complexity index is 223. The van der Waals surface area contributed by atoms with Crippen LogP contribution in [0, 0.1) is 0 Å². The molecule has 0 saturated heterocycles. The zero-order chi connectivity index (χ0) is 13.5. The molecule has 0 aliphatic heterocycles. The van der Waals surface area contributed by atoms with Crippen molar-refractivity contribution in [1.29, 1.82) is 0 Å². The van der Waals surface area contributed by atoms with Crippen LogP contribution in [0.25, 0.3) is 0 Å². The van der Waals surface area contributed by atoms with Crippen molar-refractivity contribution in [3.8, 4) is 0 Å². The van der Waals surface area contributed by atoms with Crippen LogP contribution in [0.5, 0.6) is 0 Å². The van der Waals surface area contributed by atoms with E-state index in [9.17, 15) is 9.90 Å². The summed E-state index contributed by atoms with van der Waals surface area (Å²) in [6.45, 7) is 11.6. The SMILES string of the molecule is CCN(CC)C(=O)C(C)NCC(O)(CC)CC. The smallest absolute Gasteiger partial charge is 0.239 e. The minimum absolute atomic E-state index is 0.101. The van der Waals surface area contributed by atoms with Crippen LogP contribution in [-0.2, 0) is 4.79 Å². The lowest BCUT2D eigenvalue weighted by Crippen LogP contribution is -2.49. The largest absolute Gasteiger partial charge is 0.389 e. The average molecular weight is 244 g/mol. The Hall–Kier alpha value is -0.610. The van der Waals surface area contributed by atoms with Crippen molar-refractivity contribution in [2.24, 2.45) is 0 Å². The molecule has 1 atom stereocenters. The molecule has 0 fully saturated rings. The van der Waals surface area contributed by atoms with Crippen LogP contribution in [0.2, 0.25) is 0 Å². The molecule has 17 heavy (non-hydrogen) atoms. The summed E-state index contributed by atoms with van der Waals surface area (Å²) in [5.41, 5.74) is -0.697. The first-order chi connectivity index (χ1) is 7.94. The Labute approximate surface area is 105 Å². The first-order valence-corrected chi connectivity index (χ1v) is 6.68. The maximum absolute atomic E-state index is 12.0. The number of carbonyl (C=O) groups excluding carboxylic acids is 1. The second-order valence-electron chi connectivity index (χ2n) is 4.54. The molecular formula is C13H28N2O2. The number of hydrogen-bond acceptors (Lipinski definition) is 3. The zero-order valence-corrected chi connectivity index (χ0v) is 11.9. The normalized spacial score (nSPS) is 13.5. The number of nitrogens with one attached hydrogen (secondary N) is 1. The van der Waals surface area contributed by atoms with E-state index in [0.717, 1.165) is 13.1 Å². The predicted octanol–water partition coefficient (Wildman–Crippen LogP) is 1.38. The minimum Gasteiger partial charge on any atom is -0.389 e. The van der Waals surface area contributed by atoms with Gasteiger partial charge in [-0.1, -0.05) is 13.8 Å². The lowest BCUT2D eigenvalue weighted by atomic mass is 9.97. The molecule has 0 saturated carbocycles. The molecule has 0 rings (SSSR count). The topological polar surface area (TPSA) is 52.6 Å². The van der Waals surface area contributed by atoms with Gasteiger partial charge in [-0.3, -0.25) is 4.79 Å². The van der Waals surface area contributed by atoms with Crippen molar-refractivity contribution >= 4 is 5.91 Å². The third kappa shape index (κ3) is 5.04. The van der Waals surface area contributed by atoms with E-state index in [0.29, 0.717) is 19.4 Å². The highest BCUT2D eigenvalue weighted by Crippen LogP contribution is 2.13. The highest BCUT2D eigenvalue weighted by Gasteiger charge is 2.25. The van der Waals surface area contributed by atoms with Gasteiger partial charge in [-0.25, -0.2) is 0 Å². The van der Waals surface area contributed by atoms with Crippen LogP contribution in [0.1, 0.15) is 47.5 Å². The number of likely N-dealkylation sites (N-methyl/N-ethyl adjacent to an activating group) is 1. The third-order valence-electron chi connectivity index (χ3n) is 3.50. The van der Waals surface area contributed by atoms with Crippen molar-refractivity contribution < 1.29 is 9.90 Å². The minimum atomic E-state index is -0.697. The molecule has 1 amide bonds. The van der Waals surface area contributed by atoms with Crippen LogP contribution in [0.4, 0.5) is 0 Å². The highest BCUT2D eigenvalue weighted by molar-refractivity contribution is 5.81. The number of amides is 1. The summed E-state index contributed by atoms with van der Waals surface area (Å²) in [7, 11) is 0. The Morgan fingerprint density at radius 3 is 2.06 bits per heavy atom. The maximum atomic E-state index is 12.0. The van der Waals surface area contributed by atoms with Gasteiger partial charge in [0.25, 0.3) is 0 Å². The van der Waals surface area contributed by atoms with Gasteiger partial charge in [-0.2, -0.15) is 0 Å². The van der Waals surface area contributed by atoms with E-state index in [-0.39, 0.29) is 11.9 Å². The van der Waals surface area contributed by atoms with Crippen LogP contribution < -0.4 is 5.32 Å². The number of nitrogens with zero attached hydrogens (tertiary/aromatic N) is 1. The molecule has 0 spiro atoms.